The highest BCUT2D eigenvalue weighted by atomic mass is 14.4. The molecule has 1 aliphatic carbocycles. The Morgan fingerprint density at radius 2 is 1.83 bits per heavy atom. The first-order chi connectivity index (χ1) is 5.79. The maximum Gasteiger partial charge on any atom is -0.0156 e. The van der Waals surface area contributed by atoms with E-state index in [1.54, 1.807) is 5.92 Å². The van der Waals surface area contributed by atoms with Crippen LogP contribution in [0.25, 0.3) is 0 Å². The maximum atomic E-state index is 2.33. The molecule has 0 saturated heterocycles. The van der Waals surface area contributed by atoms with E-state index in [0.717, 1.165) is 11.8 Å². The van der Waals surface area contributed by atoms with Gasteiger partial charge in [-0.15, -0.1) is 0 Å². The molecule has 2 unspecified atom stereocenters. The topological polar surface area (TPSA) is 0 Å². The highest BCUT2D eigenvalue weighted by Gasteiger charge is 2.37. The van der Waals surface area contributed by atoms with Crippen LogP contribution >= 0.6 is 0 Å². The van der Waals surface area contributed by atoms with Crippen molar-refractivity contribution in [2.24, 2.45) is 5.92 Å². The molecule has 1 aliphatic rings. The zero-order valence-corrected chi connectivity index (χ0v) is 7.75. The van der Waals surface area contributed by atoms with Crippen LogP contribution in [0.2, 0.25) is 0 Å². The van der Waals surface area contributed by atoms with E-state index in [1.165, 1.54) is 12.0 Å². The van der Waals surface area contributed by atoms with E-state index in [2.05, 4.69) is 44.2 Å². The number of hydrogen-bond acceptors (Lipinski definition) is 0. The fraction of sp³-hybridized carbons (Fsp3) is 0.417. The lowest BCUT2D eigenvalue weighted by molar-refractivity contribution is 0.671. The van der Waals surface area contributed by atoms with Gasteiger partial charge in [0.25, 0.3) is 0 Å². The van der Waals surface area contributed by atoms with Crippen molar-refractivity contribution in [3.05, 3.63) is 41.8 Å². The Hall–Kier alpha value is -0.780. The average Bonchev–Trinajstić information content (AvgIpc) is 2.83. The molecule has 1 radical (unpaired) electrons. The second-order valence-corrected chi connectivity index (χ2v) is 3.86. The van der Waals surface area contributed by atoms with Crippen LogP contribution in [0.1, 0.15) is 31.7 Å². The molecule has 63 valence electrons. The standard InChI is InChI=1S/C12H15/c1-9-8-12(9)10(2)11-6-4-3-5-7-11/h3-7,10,12H,8H2,1-2H3. The summed E-state index contributed by atoms with van der Waals surface area (Å²) in [4.78, 5) is 0. The zero-order valence-electron chi connectivity index (χ0n) is 7.75. The molecule has 0 amide bonds. The average molecular weight is 159 g/mol. The minimum absolute atomic E-state index is 0.728. The maximum absolute atomic E-state index is 2.33. The summed E-state index contributed by atoms with van der Waals surface area (Å²) in [6, 6.07) is 10.8. The van der Waals surface area contributed by atoms with Crippen LogP contribution in [-0.4, -0.2) is 0 Å². The van der Waals surface area contributed by atoms with Gasteiger partial charge in [-0.1, -0.05) is 44.2 Å². The quantitative estimate of drug-likeness (QED) is 0.620. The molecule has 1 fully saturated rings. The molecule has 1 aromatic rings. The van der Waals surface area contributed by atoms with Crippen LogP contribution in [0.15, 0.2) is 30.3 Å². The van der Waals surface area contributed by atoms with Gasteiger partial charge in [0.05, 0.1) is 0 Å². The normalized spacial score (nSPS) is 25.3. The summed E-state index contributed by atoms with van der Waals surface area (Å²) >= 11 is 0. The summed E-state index contributed by atoms with van der Waals surface area (Å²) in [5.74, 6) is 3.27. The van der Waals surface area contributed by atoms with Crippen molar-refractivity contribution in [2.45, 2.75) is 26.2 Å². The van der Waals surface area contributed by atoms with Gasteiger partial charge >= 0.3 is 0 Å². The Kier molecular flexibility index (Phi) is 1.92. The first-order valence-electron chi connectivity index (χ1n) is 4.66. The predicted octanol–water partition coefficient (Wildman–Crippen LogP) is 3.40. The van der Waals surface area contributed by atoms with Crippen LogP contribution in [0.4, 0.5) is 0 Å². The molecule has 0 aromatic heterocycles. The van der Waals surface area contributed by atoms with Gasteiger partial charge < -0.3 is 0 Å². The smallest absolute Gasteiger partial charge is 0.0156 e. The van der Waals surface area contributed by atoms with Gasteiger partial charge in [-0.2, -0.15) is 0 Å². The highest BCUT2D eigenvalue weighted by molar-refractivity contribution is 5.26. The van der Waals surface area contributed by atoms with Crippen LogP contribution < -0.4 is 0 Å². The van der Waals surface area contributed by atoms with Crippen molar-refractivity contribution in [1.82, 2.24) is 0 Å². The summed E-state index contributed by atoms with van der Waals surface area (Å²) in [5, 5.41) is 0. The molecule has 1 saturated carbocycles. The summed E-state index contributed by atoms with van der Waals surface area (Å²) in [6.07, 6.45) is 1.34. The fourth-order valence-corrected chi connectivity index (χ4v) is 1.88. The third kappa shape index (κ3) is 1.38. The monoisotopic (exact) mass is 159 g/mol. The minimum Gasteiger partial charge on any atom is -0.0622 e. The number of rotatable bonds is 2. The van der Waals surface area contributed by atoms with Gasteiger partial charge in [-0.3, -0.25) is 0 Å². The van der Waals surface area contributed by atoms with E-state index >= 15 is 0 Å². The number of benzene rings is 1. The Balaban J connectivity index is 2.10. The van der Waals surface area contributed by atoms with Gasteiger partial charge in [-0.25, -0.2) is 0 Å². The molecule has 1 aromatic carbocycles. The molecular weight excluding hydrogens is 144 g/mol. The second kappa shape index (κ2) is 2.93. The SMILES string of the molecule is C[C]1CC1C(C)c1ccccc1. The lowest BCUT2D eigenvalue weighted by Gasteiger charge is -2.09. The largest absolute Gasteiger partial charge is 0.0622 e. The Bertz CT molecular complexity index is 250. The molecule has 2 rings (SSSR count). The van der Waals surface area contributed by atoms with Crippen molar-refractivity contribution >= 4 is 0 Å². The Morgan fingerprint density at radius 1 is 1.25 bits per heavy atom. The highest BCUT2D eigenvalue weighted by Crippen LogP contribution is 2.49. The lowest BCUT2D eigenvalue weighted by Crippen LogP contribution is -1.95. The third-order valence-electron chi connectivity index (χ3n) is 2.94. The molecule has 0 bridgehead atoms. The molecule has 0 heterocycles. The van der Waals surface area contributed by atoms with Crippen molar-refractivity contribution in [2.75, 3.05) is 0 Å². The van der Waals surface area contributed by atoms with E-state index in [-0.39, 0.29) is 0 Å². The Morgan fingerprint density at radius 3 is 2.33 bits per heavy atom. The molecule has 0 heteroatoms. The number of hydrogen-bond donors (Lipinski definition) is 0. The van der Waals surface area contributed by atoms with Crippen molar-refractivity contribution in [1.29, 1.82) is 0 Å². The first-order valence-corrected chi connectivity index (χ1v) is 4.66. The van der Waals surface area contributed by atoms with E-state index < -0.39 is 0 Å². The van der Waals surface area contributed by atoms with Crippen LogP contribution in [0, 0.1) is 11.8 Å². The van der Waals surface area contributed by atoms with Gasteiger partial charge in [0.1, 0.15) is 0 Å². The van der Waals surface area contributed by atoms with E-state index in [1.807, 2.05) is 0 Å². The molecule has 2 atom stereocenters. The van der Waals surface area contributed by atoms with Gasteiger partial charge in [0.15, 0.2) is 0 Å². The lowest BCUT2D eigenvalue weighted by atomic mass is 9.95. The van der Waals surface area contributed by atoms with E-state index in [0.29, 0.717) is 0 Å². The minimum atomic E-state index is 0.728. The molecule has 0 spiro atoms. The molecular formula is C12H15. The Labute approximate surface area is 74.6 Å². The zero-order chi connectivity index (χ0) is 8.55. The van der Waals surface area contributed by atoms with Crippen LogP contribution in [-0.2, 0) is 0 Å². The summed E-state index contributed by atoms with van der Waals surface area (Å²) in [6.45, 7) is 4.60. The van der Waals surface area contributed by atoms with Crippen molar-refractivity contribution in [3.8, 4) is 0 Å². The predicted molar refractivity (Wildman–Crippen MR) is 51.9 cm³/mol. The van der Waals surface area contributed by atoms with Crippen LogP contribution in [0.5, 0.6) is 0 Å². The third-order valence-corrected chi connectivity index (χ3v) is 2.94. The van der Waals surface area contributed by atoms with Gasteiger partial charge in [0.2, 0.25) is 0 Å². The molecule has 12 heavy (non-hydrogen) atoms. The summed E-state index contributed by atoms with van der Waals surface area (Å²) < 4.78 is 0. The van der Waals surface area contributed by atoms with Crippen molar-refractivity contribution in [3.63, 3.8) is 0 Å². The molecule has 0 nitrogen and oxygen atoms in total. The fourth-order valence-electron chi connectivity index (χ4n) is 1.88. The molecule has 0 N–H and O–H groups in total. The second-order valence-electron chi connectivity index (χ2n) is 3.86. The van der Waals surface area contributed by atoms with Gasteiger partial charge in [0, 0.05) is 0 Å². The van der Waals surface area contributed by atoms with E-state index in [9.17, 15) is 0 Å². The summed E-state index contributed by atoms with van der Waals surface area (Å²) in [5.41, 5.74) is 1.49. The van der Waals surface area contributed by atoms with Crippen molar-refractivity contribution < 1.29 is 0 Å². The first kappa shape index (κ1) is 7.85. The van der Waals surface area contributed by atoms with Crippen LogP contribution in [0.3, 0.4) is 0 Å². The van der Waals surface area contributed by atoms with E-state index in [4.69, 9.17) is 0 Å². The molecule has 0 aliphatic heterocycles. The summed E-state index contributed by atoms with van der Waals surface area (Å²) in [7, 11) is 0. The van der Waals surface area contributed by atoms with Gasteiger partial charge in [-0.05, 0) is 29.7 Å².